The van der Waals surface area contributed by atoms with Crippen LogP contribution in [0.25, 0.3) is 0 Å². The van der Waals surface area contributed by atoms with Crippen molar-refractivity contribution in [1.29, 1.82) is 0 Å². The molecule has 6 heteroatoms. The third-order valence-corrected chi connectivity index (χ3v) is 5.05. The molecule has 1 aliphatic heterocycles. The number of rotatable bonds is 5. The molecule has 0 saturated carbocycles. The van der Waals surface area contributed by atoms with Crippen LogP contribution in [0.2, 0.25) is 10.0 Å². The van der Waals surface area contributed by atoms with Crippen LogP contribution in [0, 0.1) is 0 Å². The third-order valence-electron chi connectivity index (χ3n) is 4.20. The smallest absolute Gasteiger partial charge is 0.227 e. The molecule has 1 N–H and O–H groups in total. The number of hydrogen-bond acceptors (Lipinski definition) is 2. The molecule has 0 bridgehead atoms. The predicted molar refractivity (Wildman–Crippen MR) is 101 cm³/mol. The van der Waals surface area contributed by atoms with E-state index in [1.54, 1.807) is 11.0 Å². The zero-order chi connectivity index (χ0) is 17.8. The van der Waals surface area contributed by atoms with E-state index in [9.17, 15) is 9.59 Å². The molecule has 1 fully saturated rings. The molecule has 0 unspecified atom stereocenters. The van der Waals surface area contributed by atoms with Gasteiger partial charge in [-0.1, -0.05) is 47.5 Å². The van der Waals surface area contributed by atoms with Gasteiger partial charge >= 0.3 is 0 Å². The molecule has 0 aromatic heterocycles. The number of hydrogen-bond donors (Lipinski definition) is 1. The maximum Gasteiger partial charge on any atom is 0.227 e. The fourth-order valence-corrected chi connectivity index (χ4v) is 3.33. The number of carbonyl (C=O) groups excluding carboxylic acids is 2. The van der Waals surface area contributed by atoms with E-state index in [-0.39, 0.29) is 18.2 Å². The quantitative estimate of drug-likeness (QED) is 0.822. The lowest BCUT2D eigenvalue weighted by Crippen LogP contribution is -2.25. The Kier molecular flexibility index (Phi) is 5.61. The SMILES string of the molecule is O=C(CCc1cccc(Cl)c1Cl)Nc1ccccc1N1CCCC1=O. The van der Waals surface area contributed by atoms with E-state index in [1.807, 2.05) is 36.4 Å². The second-order valence-corrected chi connectivity index (χ2v) is 6.71. The first-order valence-corrected chi connectivity index (χ1v) is 8.94. The van der Waals surface area contributed by atoms with Crippen LogP contribution in [0.1, 0.15) is 24.8 Å². The second-order valence-electron chi connectivity index (χ2n) is 5.93. The molecule has 1 saturated heterocycles. The number of halogens is 2. The van der Waals surface area contributed by atoms with Crippen molar-refractivity contribution in [2.24, 2.45) is 0 Å². The van der Waals surface area contributed by atoms with Gasteiger partial charge in [0.25, 0.3) is 0 Å². The Morgan fingerprint density at radius 2 is 1.92 bits per heavy atom. The van der Waals surface area contributed by atoms with Gasteiger partial charge in [-0.2, -0.15) is 0 Å². The van der Waals surface area contributed by atoms with Crippen LogP contribution >= 0.6 is 23.2 Å². The highest BCUT2D eigenvalue weighted by atomic mass is 35.5. The van der Waals surface area contributed by atoms with Crippen molar-refractivity contribution in [2.45, 2.75) is 25.7 Å². The lowest BCUT2D eigenvalue weighted by atomic mass is 10.1. The molecule has 25 heavy (non-hydrogen) atoms. The normalized spacial score (nSPS) is 14.0. The number of anilines is 2. The Morgan fingerprint density at radius 1 is 1.12 bits per heavy atom. The predicted octanol–water partition coefficient (Wildman–Crippen LogP) is 4.69. The minimum absolute atomic E-state index is 0.0902. The molecule has 3 rings (SSSR count). The van der Waals surface area contributed by atoms with E-state index < -0.39 is 0 Å². The minimum atomic E-state index is -0.130. The number of nitrogens with zero attached hydrogens (tertiary/aromatic N) is 1. The van der Waals surface area contributed by atoms with Crippen LogP contribution in [0.3, 0.4) is 0 Å². The van der Waals surface area contributed by atoms with E-state index in [4.69, 9.17) is 23.2 Å². The van der Waals surface area contributed by atoms with Gasteiger partial charge in [-0.15, -0.1) is 0 Å². The Balaban J connectivity index is 1.67. The number of para-hydroxylation sites is 2. The van der Waals surface area contributed by atoms with E-state index in [0.717, 1.165) is 17.7 Å². The van der Waals surface area contributed by atoms with Gasteiger partial charge in [0.15, 0.2) is 0 Å². The highest BCUT2D eigenvalue weighted by Crippen LogP contribution is 2.30. The standard InChI is InChI=1S/C19H18Cl2N2O2/c20-14-6-3-5-13(19(14)21)10-11-17(24)22-15-7-1-2-8-16(15)23-12-4-9-18(23)25/h1-3,5-8H,4,9-12H2,(H,22,24). The van der Waals surface area contributed by atoms with Crippen LogP contribution < -0.4 is 10.2 Å². The number of amides is 2. The number of aryl methyl sites for hydroxylation is 1. The van der Waals surface area contributed by atoms with Gasteiger partial charge in [0, 0.05) is 19.4 Å². The van der Waals surface area contributed by atoms with Crippen molar-refractivity contribution in [3.8, 4) is 0 Å². The Morgan fingerprint density at radius 3 is 2.68 bits per heavy atom. The molecule has 1 aliphatic rings. The van der Waals surface area contributed by atoms with E-state index in [0.29, 0.717) is 35.1 Å². The van der Waals surface area contributed by atoms with Crippen molar-refractivity contribution in [1.82, 2.24) is 0 Å². The van der Waals surface area contributed by atoms with Crippen molar-refractivity contribution in [3.63, 3.8) is 0 Å². The fraction of sp³-hybridized carbons (Fsp3) is 0.263. The first-order valence-electron chi connectivity index (χ1n) is 8.18. The zero-order valence-corrected chi connectivity index (χ0v) is 15.1. The van der Waals surface area contributed by atoms with Crippen molar-refractivity contribution in [2.75, 3.05) is 16.8 Å². The molecule has 0 radical (unpaired) electrons. The summed E-state index contributed by atoms with van der Waals surface area (Å²) in [4.78, 5) is 26.0. The molecule has 0 spiro atoms. The monoisotopic (exact) mass is 376 g/mol. The zero-order valence-electron chi connectivity index (χ0n) is 13.6. The summed E-state index contributed by atoms with van der Waals surface area (Å²) in [6.07, 6.45) is 2.17. The number of benzene rings is 2. The largest absolute Gasteiger partial charge is 0.324 e. The summed E-state index contributed by atoms with van der Waals surface area (Å²) in [6, 6.07) is 12.8. The van der Waals surface area contributed by atoms with Gasteiger partial charge in [-0.05, 0) is 36.6 Å². The molecule has 0 atom stereocenters. The Bertz CT molecular complexity index is 808. The lowest BCUT2D eigenvalue weighted by Gasteiger charge is -2.20. The highest BCUT2D eigenvalue weighted by Gasteiger charge is 2.24. The summed E-state index contributed by atoms with van der Waals surface area (Å²) in [6.45, 7) is 0.684. The molecule has 1 heterocycles. The van der Waals surface area contributed by atoms with Gasteiger partial charge in [0.2, 0.25) is 11.8 Å². The van der Waals surface area contributed by atoms with Crippen molar-refractivity contribution in [3.05, 3.63) is 58.1 Å². The Labute approximate surface area is 156 Å². The molecule has 4 nitrogen and oxygen atoms in total. The summed E-state index contributed by atoms with van der Waals surface area (Å²) in [7, 11) is 0. The summed E-state index contributed by atoms with van der Waals surface area (Å²) >= 11 is 12.2. The van der Waals surface area contributed by atoms with Crippen LogP contribution in [-0.2, 0) is 16.0 Å². The van der Waals surface area contributed by atoms with Crippen molar-refractivity contribution < 1.29 is 9.59 Å². The Hall–Kier alpha value is -2.04. The maximum absolute atomic E-state index is 12.3. The van der Waals surface area contributed by atoms with Crippen LogP contribution in [0.15, 0.2) is 42.5 Å². The molecular weight excluding hydrogens is 359 g/mol. The van der Waals surface area contributed by atoms with E-state index in [2.05, 4.69) is 5.32 Å². The molecular formula is C19H18Cl2N2O2. The van der Waals surface area contributed by atoms with Gasteiger partial charge in [-0.3, -0.25) is 9.59 Å². The maximum atomic E-state index is 12.3. The summed E-state index contributed by atoms with van der Waals surface area (Å²) < 4.78 is 0. The van der Waals surface area contributed by atoms with Gasteiger partial charge < -0.3 is 10.2 Å². The lowest BCUT2D eigenvalue weighted by molar-refractivity contribution is -0.117. The van der Waals surface area contributed by atoms with E-state index in [1.165, 1.54) is 0 Å². The topological polar surface area (TPSA) is 49.4 Å². The molecule has 2 aromatic carbocycles. The minimum Gasteiger partial charge on any atom is -0.324 e. The molecule has 2 amide bonds. The average Bonchev–Trinajstić information content (AvgIpc) is 3.02. The fourth-order valence-electron chi connectivity index (χ4n) is 2.92. The summed E-state index contributed by atoms with van der Waals surface area (Å²) in [5, 5.41) is 3.87. The van der Waals surface area contributed by atoms with Gasteiger partial charge in [-0.25, -0.2) is 0 Å². The average molecular weight is 377 g/mol. The molecule has 2 aromatic rings. The third kappa shape index (κ3) is 4.14. The highest BCUT2D eigenvalue weighted by molar-refractivity contribution is 6.42. The van der Waals surface area contributed by atoms with Crippen LogP contribution in [-0.4, -0.2) is 18.4 Å². The van der Waals surface area contributed by atoms with Crippen molar-refractivity contribution >= 4 is 46.4 Å². The number of carbonyl (C=O) groups is 2. The van der Waals surface area contributed by atoms with Gasteiger partial charge in [0.05, 0.1) is 21.4 Å². The number of nitrogens with one attached hydrogen (secondary N) is 1. The first kappa shape index (κ1) is 17.8. The first-order chi connectivity index (χ1) is 12.1. The second kappa shape index (κ2) is 7.89. The van der Waals surface area contributed by atoms with E-state index >= 15 is 0 Å². The molecule has 0 aliphatic carbocycles. The van der Waals surface area contributed by atoms with Gasteiger partial charge in [0.1, 0.15) is 0 Å². The molecule has 130 valence electrons. The summed E-state index contributed by atoms with van der Waals surface area (Å²) in [5.41, 5.74) is 2.24. The van der Waals surface area contributed by atoms with Crippen LogP contribution in [0.4, 0.5) is 11.4 Å². The van der Waals surface area contributed by atoms with Crippen LogP contribution in [0.5, 0.6) is 0 Å². The summed E-state index contributed by atoms with van der Waals surface area (Å²) in [5.74, 6) is -0.0393.